The van der Waals surface area contributed by atoms with Gasteiger partial charge in [0.2, 0.25) is 0 Å². The first-order valence-corrected chi connectivity index (χ1v) is 20.8. The molecule has 0 aliphatic heterocycles. The number of anilines is 3. The summed E-state index contributed by atoms with van der Waals surface area (Å²) in [5.74, 6) is 0. The third-order valence-corrected chi connectivity index (χ3v) is 12.8. The number of para-hydroxylation sites is 2. The van der Waals surface area contributed by atoms with Gasteiger partial charge in [-0.1, -0.05) is 159 Å². The highest BCUT2D eigenvalue weighted by Crippen LogP contribution is 2.56. The molecule has 9 aromatic carbocycles. The molecule has 0 radical (unpaired) electrons. The zero-order valence-corrected chi connectivity index (χ0v) is 33.4. The van der Waals surface area contributed by atoms with Gasteiger partial charge in [-0.3, -0.25) is 0 Å². The lowest BCUT2D eigenvalue weighted by molar-refractivity contribution is 0.660. The average Bonchev–Trinajstić information content (AvgIpc) is 3.94. The van der Waals surface area contributed by atoms with E-state index in [0.29, 0.717) is 0 Å². The molecular weight excluding hydrogens is 729 g/mol. The van der Waals surface area contributed by atoms with Gasteiger partial charge in [0.1, 0.15) is 11.2 Å². The quantitative estimate of drug-likeness (QED) is 0.168. The van der Waals surface area contributed by atoms with E-state index in [1.165, 1.54) is 55.2 Å². The van der Waals surface area contributed by atoms with Crippen LogP contribution in [-0.2, 0) is 5.41 Å². The molecule has 11 aromatic rings. The third kappa shape index (κ3) is 5.02. The smallest absolute Gasteiger partial charge is 0.137 e. The Balaban J connectivity index is 1.17. The van der Waals surface area contributed by atoms with E-state index in [1.807, 2.05) is 0 Å². The van der Waals surface area contributed by atoms with Gasteiger partial charge in [0.25, 0.3) is 0 Å². The molecule has 2 aromatic heterocycles. The van der Waals surface area contributed by atoms with E-state index < -0.39 is 0 Å². The summed E-state index contributed by atoms with van der Waals surface area (Å²) in [4.78, 5) is 2.49. The van der Waals surface area contributed by atoms with Crippen LogP contribution in [0.3, 0.4) is 0 Å². The Morgan fingerprint density at radius 2 is 1.02 bits per heavy atom. The van der Waals surface area contributed by atoms with Crippen LogP contribution < -0.4 is 4.90 Å². The number of hydrogen-bond acceptors (Lipinski definition) is 2. The van der Waals surface area contributed by atoms with Crippen molar-refractivity contribution in [1.82, 2.24) is 4.57 Å². The SMILES string of the molecule is CC1(C)c2ccccc2-c2c(N(c3cccc(-c4ccccc4)c3)c3cccc4oc5cccc(-c6cccc7c6c6ccccc6n7-c6ccccc6)c5c34)cccc21. The molecule has 0 spiro atoms. The molecular formula is C57H40N2O. The second-order valence-corrected chi connectivity index (χ2v) is 16.4. The first-order valence-electron chi connectivity index (χ1n) is 20.8. The first kappa shape index (κ1) is 34.4. The molecule has 0 N–H and O–H groups in total. The van der Waals surface area contributed by atoms with Crippen molar-refractivity contribution in [3.05, 3.63) is 217 Å². The topological polar surface area (TPSA) is 21.3 Å². The summed E-state index contributed by atoms with van der Waals surface area (Å²) in [6.07, 6.45) is 0. The highest BCUT2D eigenvalue weighted by molar-refractivity contribution is 6.23. The highest BCUT2D eigenvalue weighted by atomic mass is 16.3. The van der Waals surface area contributed by atoms with Crippen molar-refractivity contribution in [2.24, 2.45) is 0 Å². The summed E-state index contributed by atoms with van der Waals surface area (Å²) in [6, 6.07) is 74.7. The zero-order chi connectivity index (χ0) is 40.0. The molecule has 1 aliphatic rings. The van der Waals surface area contributed by atoms with Gasteiger partial charge in [-0.25, -0.2) is 0 Å². The van der Waals surface area contributed by atoms with Crippen LogP contribution in [0.25, 0.3) is 82.8 Å². The summed E-state index contributed by atoms with van der Waals surface area (Å²) in [5.41, 5.74) is 18.2. The van der Waals surface area contributed by atoms with Crippen LogP contribution in [0.15, 0.2) is 211 Å². The lowest BCUT2D eigenvalue weighted by Crippen LogP contribution is -2.16. The summed E-state index contributed by atoms with van der Waals surface area (Å²) < 4.78 is 9.29. The molecule has 0 fully saturated rings. The van der Waals surface area contributed by atoms with Gasteiger partial charge in [-0.15, -0.1) is 0 Å². The van der Waals surface area contributed by atoms with Crippen molar-refractivity contribution >= 4 is 60.8 Å². The van der Waals surface area contributed by atoms with Crippen molar-refractivity contribution < 1.29 is 4.42 Å². The summed E-state index contributed by atoms with van der Waals surface area (Å²) in [6.45, 7) is 4.71. The maximum absolute atomic E-state index is 6.89. The minimum absolute atomic E-state index is 0.154. The van der Waals surface area contributed by atoms with E-state index in [1.54, 1.807) is 0 Å². The van der Waals surface area contributed by atoms with Gasteiger partial charge in [0.05, 0.1) is 27.8 Å². The number of furan rings is 1. The predicted octanol–water partition coefficient (Wildman–Crippen LogP) is 15.8. The summed E-state index contributed by atoms with van der Waals surface area (Å²) in [5, 5.41) is 4.63. The average molecular weight is 769 g/mol. The standard InChI is InChI=1S/C57H40N2O/c1-57(2)45-28-11-9-24-43(45)54-46(57)29-16-32-49(54)59(40-23-13-20-38(36-40)37-18-5-3-6-19-37)50-33-17-35-52-56(50)55-42(27-15-34-51(55)60-52)41-26-14-31-48-53(41)44-25-10-12-30-47(44)58(48)39-21-7-4-8-22-39/h3-36H,1-2H3. The van der Waals surface area contributed by atoms with Crippen LogP contribution in [0.2, 0.25) is 0 Å². The zero-order valence-electron chi connectivity index (χ0n) is 33.4. The van der Waals surface area contributed by atoms with E-state index in [9.17, 15) is 0 Å². The minimum Gasteiger partial charge on any atom is -0.456 e. The molecule has 0 saturated carbocycles. The summed E-state index contributed by atoms with van der Waals surface area (Å²) >= 11 is 0. The Morgan fingerprint density at radius 3 is 1.87 bits per heavy atom. The Hall–Kier alpha value is -7.62. The Morgan fingerprint density at radius 1 is 0.433 bits per heavy atom. The monoisotopic (exact) mass is 768 g/mol. The molecule has 3 nitrogen and oxygen atoms in total. The third-order valence-electron chi connectivity index (χ3n) is 12.8. The van der Waals surface area contributed by atoms with Crippen molar-refractivity contribution in [3.8, 4) is 39.1 Å². The normalized spacial score (nSPS) is 13.0. The van der Waals surface area contributed by atoms with E-state index in [-0.39, 0.29) is 5.41 Å². The fourth-order valence-electron chi connectivity index (χ4n) is 10.1. The molecule has 3 heteroatoms. The number of nitrogens with zero attached hydrogens (tertiary/aromatic N) is 2. The van der Waals surface area contributed by atoms with Gasteiger partial charge in [-0.05, 0) is 99.6 Å². The second kappa shape index (κ2) is 13.2. The van der Waals surface area contributed by atoms with Crippen molar-refractivity contribution in [1.29, 1.82) is 0 Å². The molecule has 0 bridgehead atoms. The molecule has 2 heterocycles. The Kier molecular flexibility index (Phi) is 7.58. The maximum atomic E-state index is 6.89. The predicted molar refractivity (Wildman–Crippen MR) is 251 cm³/mol. The van der Waals surface area contributed by atoms with Crippen molar-refractivity contribution in [2.75, 3.05) is 4.90 Å². The van der Waals surface area contributed by atoms with Gasteiger partial charge in [-0.2, -0.15) is 0 Å². The Labute approximate surface area is 349 Å². The molecule has 0 amide bonds. The number of aromatic nitrogens is 1. The van der Waals surface area contributed by atoms with Gasteiger partial charge >= 0.3 is 0 Å². The van der Waals surface area contributed by atoms with Crippen molar-refractivity contribution in [2.45, 2.75) is 19.3 Å². The summed E-state index contributed by atoms with van der Waals surface area (Å²) in [7, 11) is 0. The molecule has 0 unspecified atom stereocenters. The van der Waals surface area contributed by atoms with E-state index in [0.717, 1.165) is 55.8 Å². The minimum atomic E-state index is -0.154. The number of fused-ring (bicyclic) bond motifs is 9. The molecule has 12 rings (SSSR count). The van der Waals surface area contributed by atoms with Crippen LogP contribution in [0, 0.1) is 0 Å². The van der Waals surface area contributed by atoms with E-state index >= 15 is 0 Å². The number of benzene rings is 9. The van der Waals surface area contributed by atoms with Gasteiger partial charge < -0.3 is 13.9 Å². The van der Waals surface area contributed by atoms with Crippen LogP contribution in [0.4, 0.5) is 17.1 Å². The van der Waals surface area contributed by atoms with E-state index in [4.69, 9.17) is 4.42 Å². The molecule has 1 aliphatic carbocycles. The number of hydrogen-bond donors (Lipinski definition) is 0. The van der Waals surface area contributed by atoms with Crippen LogP contribution in [0.1, 0.15) is 25.0 Å². The fraction of sp³-hybridized carbons (Fsp3) is 0.0526. The largest absolute Gasteiger partial charge is 0.456 e. The first-order chi connectivity index (χ1) is 29.6. The van der Waals surface area contributed by atoms with Gasteiger partial charge in [0.15, 0.2) is 0 Å². The van der Waals surface area contributed by atoms with Crippen molar-refractivity contribution in [3.63, 3.8) is 0 Å². The lowest BCUT2D eigenvalue weighted by atomic mass is 9.82. The van der Waals surface area contributed by atoms with Crippen LogP contribution in [0.5, 0.6) is 0 Å². The second-order valence-electron chi connectivity index (χ2n) is 16.4. The molecule has 0 atom stereocenters. The Bertz CT molecular complexity index is 3460. The lowest BCUT2D eigenvalue weighted by Gasteiger charge is -2.30. The number of rotatable bonds is 6. The van der Waals surface area contributed by atoms with Gasteiger partial charge in [0, 0.05) is 38.5 Å². The molecule has 0 saturated heterocycles. The maximum Gasteiger partial charge on any atom is 0.137 e. The van der Waals surface area contributed by atoms with Crippen LogP contribution >= 0.6 is 0 Å². The fourth-order valence-corrected chi connectivity index (χ4v) is 10.1. The highest BCUT2D eigenvalue weighted by Gasteiger charge is 2.38. The molecule has 284 valence electrons. The van der Waals surface area contributed by atoms with Crippen LogP contribution in [-0.4, -0.2) is 4.57 Å². The van der Waals surface area contributed by atoms with E-state index in [2.05, 4.69) is 230 Å². The molecule has 60 heavy (non-hydrogen) atoms.